The zero-order valence-electron chi connectivity index (χ0n) is 13.9. The van der Waals surface area contributed by atoms with Crippen LogP contribution in [0.3, 0.4) is 0 Å². The van der Waals surface area contributed by atoms with Gasteiger partial charge in [0, 0.05) is 30.5 Å². The molecule has 0 spiro atoms. The minimum atomic E-state index is -0.582. The Labute approximate surface area is 139 Å². The van der Waals surface area contributed by atoms with Gasteiger partial charge in [0.05, 0.1) is 12.9 Å². The zero-order chi connectivity index (χ0) is 17.4. The molecular formula is C18H19NO5. The molecule has 0 aliphatic heterocycles. The second-order valence-corrected chi connectivity index (χ2v) is 5.91. The van der Waals surface area contributed by atoms with E-state index in [0.717, 1.165) is 0 Å². The lowest BCUT2D eigenvalue weighted by Gasteiger charge is -2.21. The van der Waals surface area contributed by atoms with E-state index in [-0.39, 0.29) is 29.9 Å². The lowest BCUT2D eigenvalue weighted by molar-refractivity contribution is 0.0507. The van der Waals surface area contributed by atoms with Gasteiger partial charge in [0.15, 0.2) is 5.78 Å². The molecule has 1 aliphatic rings. The average Bonchev–Trinajstić information content (AvgIpc) is 3.13. The number of ether oxygens (including phenoxy) is 1. The summed E-state index contributed by atoms with van der Waals surface area (Å²) in [6.45, 7) is 4.97. The Morgan fingerprint density at radius 3 is 2.71 bits per heavy atom. The summed E-state index contributed by atoms with van der Waals surface area (Å²) in [4.78, 5) is 37.1. The summed E-state index contributed by atoms with van der Waals surface area (Å²) in [6.07, 6.45) is 2.33. The van der Waals surface area contributed by atoms with E-state index in [0.29, 0.717) is 35.4 Å². The maximum atomic E-state index is 12.7. The van der Waals surface area contributed by atoms with E-state index in [1.807, 2.05) is 6.07 Å². The molecule has 3 rings (SSSR count). The van der Waals surface area contributed by atoms with Crippen molar-refractivity contribution in [2.24, 2.45) is 0 Å². The van der Waals surface area contributed by atoms with Crippen LogP contribution >= 0.6 is 0 Å². The van der Waals surface area contributed by atoms with Crippen LogP contribution in [0.1, 0.15) is 68.8 Å². The van der Waals surface area contributed by atoms with Crippen LogP contribution in [0, 0.1) is 6.92 Å². The molecule has 2 aromatic heterocycles. The summed E-state index contributed by atoms with van der Waals surface area (Å²) in [7, 11) is 0. The first-order valence-electron chi connectivity index (χ1n) is 7.94. The predicted octanol–water partition coefficient (Wildman–Crippen LogP) is 3.14. The molecule has 0 N–H and O–H groups in total. The van der Waals surface area contributed by atoms with Crippen molar-refractivity contribution < 1.29 is 23.5 Å². The number of furan rings is 1. The van der Waals surface area contributed by atoms with E-state index in [2.05, 4.69) is 0 Å². The van der Waals surface area contributed by atoms with Crippen molar-refractivity contribution in [2.45, 2.75) is 39.5 Å². The van der Waals surface area contributed by atoms with E-state index in [9.17, 15) is 14.4 Å². The summed E-state index contributed by atoms with van der Waals surface area (Å²) < 4.78 is 11.8. The van der Waals surface area contributed by atoms with E-state index < -0.39 is 5.97 Å². The van der Waals surface area contributed by atoms with E-state index in [1.165, 1.54) is 11.5 Å². The highest BCUT2D eigenvalue weighted by Gasteiger charge is 2.37. The lowest BCUT2D eigenvalue weighted by atomic mass is 9.84. The highest BCUT2D eigenvalue weighted by molar-refractivity contribution is 6.06. The smallest absolute Gasteiger partial charge is 0.355 e. The van der Waals surface area contributed by atoms with Gasteiger partial charge in [-0.1, -0.05) is 0 Å². The number of esters is 1. The van der Waals surface area contributed by atoms with Crippen LogP contribution in [-0.2, 0) is 11.2 Å². The number of fused-ring (bicyclic) bond motifs is 1. The normalized spacial score (nSPS) is 16.8. The second kappa shape index (κ2) is 6.11. The molecule has 0 radical (unpaired) electrons. The molecule has 0 saturated heterocycles. The first kappa shape index (κ1) is 16.2. The number of aromatic nitrogens is 1. The largest absolute Gasteiger partial charge is 0.469 e. The van der Waals surface area contributed by atoms with E-state index >= 15 is 0 Å². The monoisotopic (exact) mass is 329 g/mol. The molecule has 0 aromatic carbocycles. The fourth-order valence-electron chi connectivity index (χ4n) is 3.46. The molecular weight excluding hydrogens is 310 g/mol. The van der Waals surface area contributed by atoms with Gasteiger partial charge in [0.1, 0.15) is 11.5 Å². The molecule has 126 valence electrons. The standard InChI is InChI=1S/C18H19NO5/c1-4-23-18(22)17-10(2)16-13(19(17)11(3)20)8-12(9-14(16)21)15-6-5-7-24-15/h5-7,12H,4,8-9H2,1-3H3. The molecule has 0 saturated carbocycles. The van der Waals surface area contributed by atoms with Crippen LogP contribution in [0.15, 0.2) is 22.8 Å². The number of Topliss-reactive ketones (excluding diaryl/α,β-unsaturated/α-hetero) is 1. The van der Waals surface area contributed by atoms with Crippen LogP contribution in [0.5, 0.6) is 0 Å². The van der Waals surface area contributed by atoms with Gasteiger partial charge in [-0.2, -0.15) is 0 Å². The number of nitrogens with zero attached hydrogens (tertiary/aromatic N) is 1. The third kappa shape index (κ3) is 2.48. The summed E-state index contributed by atoms with van der Waals surface area (Å²) in [6, 6.07) is 3.59. The van der Waals surface area contributed by atoms with Gasteiger partial charge in [-0.3, -0.25) is 14.2 Å². The van der Waals surface area contributed by atoms with Crippen molar-refractivity contribution in [3.63, 3.8) is 0 Å². The Bertz CT molecular complexity index is 813. The molecule has 0 amide bonds. The first-order valence-corrected chi connectivity index (χ1v) is 7.94. The van der Waals surface area contributed by atoms with Crippen molar-refractivity contribution in [1.29, 1.82) is 0 Å². The first-order chi connectivity index (χ1) is 11.5. The van der Waals surface area contributed by atoms with E-state index in [1.54, 1.807) is 26.2 Å². The third-order valence-electron chi connectivity index (χ3n) is 4.39. The highest BCUT2D eigenvalue weighted by Crippen LogP contribution is 2.37. The Kier molecular flexibility index (Phi) is 4.13. The molecule has 6 heteroatoms. The Hall–Kier alpha value is -2.63. The zero-order valence-corrected chi connectivity index (χ0v) is 13.9. The molecule has 1 unspecified atom stereocenters. The minimum absolute atomic E-state index is 0.0827. The second-order valence-electron chi connectivity index (χ2n) is 5.91. The van der Waals surface area contributed by atoms with Crippen molar-refractivity contribution >= 4 is 17.7 Å². The molecule has 0 fully saturated rings. The maximum absolute atomic E-state index is 12.7. The summed E-state index contributed by atoms with van der Waals surface area (Å²) >= 11 is 0. The van der Waals surface area contributed by atoms with Crippen molar-refractivity contribution in [3.8, 4) is 0 Å². The van der Waals surface area contributed by atoms with Crippen molar-refractivity contribution in [3.05, 3.63) is 46.7 Å². The van der Waals surface area contributed by atoms with Crippen LogP contribution < -0.4 is 0 Å². The van der Waals surface area contributed by atoms with Gasteiger partial charge in [-0.15, -0.1) is 0 Å². The van der Waals surface area contributed by atoms with Crippen molar-refractivity contribution in [2.75, 3.05) is 6.61 Å². The molecule has 1 aliphatic carbocycles. The molecule has 2 aromatic rings. The van der Waals surface area contributed by atoms with Crippen LogP contribution in [0.25, 0.3) is 0 Å². The molecule has 6 nitrogen and oxygen atoms in total. The summed E-state index contributed by atoms with van der Waals surface area (Å²) in [5.41, 5.74) is 1.71. The third-order valence-corrected chi connectivity index (χ3v) is 4.39. The highest BCUT2D eigenvalue weighted by atomic mass is 16.5. The predicted molar refractivity (Wildman–Crippen MR) is 85.5 cm³/mol. The number of ketones is 1. The Balaban J connectivity index is 2.15. The Morgan fingerprint density at radius 1 is 1.38 bits per heavy atom. The maximum Gasteiger partial charge on any atom is 0.355 e. The quantitative estimate of drug-likeness (QED) is 0.808. The van der Waals surface area contributed by atoms with Crippen LogP contribution in [-0.4, -0.2) is 28.8 Å². The number of carbonyl (C=O) groups excluding carboxylic acids is 3. The lowest BCUT2D eigenvalue weighted by Crippen LogP contribution is -2.23. The number of rotatable bonds is 3. The van der Waals surface area contributed by atoms with Gasteiger partial charge in [-0.25, -0.2) is 4.79 Å². The molecule has 1 atom stereocenters. The average molecular weight is 329 g/mol. The summed E-state index contributed by atoms with van der Waals surface area (Å²) in [5, 5.41) is 0. The van der Waals surface area contributed by atoms with Crippen LogP contribution in [0.2, 0.25) is 0 Å². The van der Waals surface area contributed by atoms with E-state index in [4.69, 9.17) is 9.15 Å². The minimum Gasteiger partial charge on any atom is -0.469 e. The van der Waals surface area contributed by atoms with Gasteiger partial charge in [0.25, 0.3) is 0 Å². The van der Waals surface area contributed by atoms with Crippen molar-refractivity contribution in [1.82, 2.24) is 4.57 Å². The summed E-state index contributed by atoms with van der Waals surface area (Å²) in [5.74, 6) is -0.402. The van der Waals surface area contributed by atoms with Gasteiger partial charge in [-0.05, 0) is 38.0 Å². The number of carbonyl (C=O) groups is 3. The topological polar surface area (TPSA) is 78.5 Å². The molecule has 24 heavy (non-hydrogen) atoms. The fraction of sp³-hybridized carbons (Fsp3) is 0.389. The SMILES string of the molecule is CCOC(=O)c1c(C)c2c(n1C(C)=O)CC(c1ccco1)CC2=O. The number of hydrogen-bond donors (Lipinski definition) is 0. The number of hydrogen-bond acceptors (Lipinski definition) is 5. The molecule has 2 heterocycles. The van der Waals surface area contributed by atoms with Gasteiger partial charge in [0.2, 0.25) is 5.91 Å². The van der Waals surface area contributed by atoms with Gasteiger partial charge >= 0.3 is 5.97 Å². The van der Waals surface area contributed by atoms with Crippen LogP contribution in [0.4, 0.5) is 0 Å². The van der Waals surface area contributed by atoms with Gasteiger partial charge < -0.3 is 9.15 Å². The fourth-order valence-corrected chi connectivity index (χ4v) is 3.46. The molecule has 0 bridgehead atoms. The Morgan fingerprint density at radius 2 is 2.12 bits per heavy atom.